The predicted octanol–water partition coefficient (Wildman–Crippen LogP) is 3.49. The number of nitrogens with one attached hydrogen (secondary N) is 1. The molecule has 0 bridgehead atoms. The number of nitrogen functional groups attached to an aromatic ring is 1. The number of carbonyl (C=O) groups excluding carboxylic acids is 1. The fraction of sp³-hybridized carbons (Fsp3) is 0.133. The van der Waals surface area contributed by atoms with Gasteiger partial charge in [-0.3, -0.25) is 4.79 Å². The highest BCUT2D eigenvalue weighted by molar-refractivity contribution is 9.11. The van der Waals surface area contributed by atoms with Gasteiger partial charge in [0, 0.05) is 12.2 Å². The molecule has 1 amide bonds. The van der Waals surface area contributed by atoms with E-state index in [0.29, 0.717) is 26.9 Å². The summed E-state index contributed by atoms with van der Waals surface area (Å²) in [4.78, 5) is 11.8. The Morgan fingerprint density at radius 1 is 1.14 bits per heavy atom. The first-order valence-electron chi connectivity index (χ1n) is 6.24. The second-order valence-electron chi connectivity index (χ2n) is 4.36. The molecule has 0 aliphatic heterocycles. The monoisotopic (exact) mass is 412 g/mol. The van der Waals surface area contributed by atoms with Crippen molar-refractivity contribution in [3.05, 3.63) is 57.0 Å². The van der Waals surface area contributed by atoms with Crippen LogP contribution in [0.25, 0.3) is 0 Å². The van der Waals surface area contributed by atoms with Crippen LogP contribution in [0.1, 0.15) is 5.56 Å². The van der Waals surface area contributed by atoms with E-state index in [2.05, 4.69) is 37.2 Å². The number of rotatable bonds is 5. The molecule has 21 heavy (non-hydrogen) atoms. The summed E-state index contributed by atoms with van der Waals surface area (Å²) in [5.74, 6) is 0.369. The van der Waals surface area contributed by atoms with Crippen molar-refractivity contribution in [1.29, 1.82) is 0 Å². The third kappa shape index (κ3) is 4.75. The molecule has 3 N–H and O–H groups in total. The number of anilines is 1. The first-order valence-corrected chi connectivity index (χ1v) is 7.83. The number of ether oxygens (including phenoxy) is 1. The number of benzene rings is 2. The van der Waals surface area contributed by atoms with Crippen LogP contribution >= 0.6 is 31.9 Å². The maximum absolute atomic E-state index is 11.8. The van der Waals surface area contributed by atoms with E-state index in [-0.39, 0.29) is 12.5 Å². The van der Waals surface area contributed by atoms with Crippen molar-refractivity contribution in [2.45, 2.75) is 6.54 Å². The standard InChI is InChI=1S/C15H14Br2N2O2/c16-12-6-11(18)7-13(17)15(12)21-9-14(20)19-8-10-4-2-1-3-5-10/h1-7H,8-9,18H2,(H,19,20). The quantitative estimate of drug-likeness (QED) is 0.737. The van der Waals surface area contributed by atoms with Crippen LogP contribution in [-0.2, 0) is 11.3 Å². The molecule has 110 valence electrons. The number of hydrogen-bond donors (Lipinski definition) is 2. The highest BCUT2D eigenvalue weighted by atomic mass is 79.9. The number of nitrogens with two attached hydrogens (primary N) is 1. The SMILES string of the molecule is Nc1cc(Br)c(OCC(=O)NCc2ccccc2)c(Br)c1. The summed E-state index contributed by atoms with van der Waals surface area (Å²) in [7, 11) is 0. The van der Waals surface area contributed by atoms with Crippen LogP contribution in [-0.4, -0.2) is 12.5 Å². The average Bonchev–Trinajstić information content (AvgIpc) is 2.45. The smallest absolute Gasteiger partial charge is 0.258 e. The Bertz CT molecular complexity index is 610. The second kappa shape index (κ2) is 7.47. The first kappa shape index (κ1) is 15.9. The van der Waals surface area contributed by atoms with Gasteiger partial charge in [0.05, 0.1) is 8.95 Å². The van der Waals surface area contributed by atoms with Crippen molar-refractivity contribution in [2.75, 3.05) is 12.3 Å². The van der Waals surface area contributed by atoms with Gasteiger partial charge in [-0.25, -0.2) is 0 Å². The zero-order valence-electron chi connectivity index (χ0n) is 11.1. The molecule has 0 spiro atoms. The Balaban J connectivity index is 1.87. The highest BCUT2D eigenvalue weighted by Crippen LogP contribution is 2.35. The van der Waals surface area contributed by atoms with Crippen molar-refractivity contribution >= 4 is 43.5 Å². The Morgan fingerprint density at radius 2 is 1.76 bits per heavy atom. The minimum absolute atomic E-state index is 0.0616. The van der Waals surface area contributed by atoms with Crippen LogP contribution in [0, 0.1) is 0 Å². The lowest BCUT2D eigenvalue weighted by molar-refractivity contribution is -0.123. The van der Waals surface area contributed by atoms with E-state index in [4.69, 9.17) is 10.5 Å². The number of amides is 1. The Labute approximate surface area is 139 Å². The van der Waals surface area contributed by atoms with Gasteiger partial charge in [-0.15, -0.1) is 0 Å². The molecule has 0 unspecified atom stereocenters. The topological polar surface area (TPSA) is 64.3 Å². The van der Waals surface area contributed by atoms with Gasteiger partial charge in [-0.1, -0.05) is 30.3 Å². The predicted molar refractivity (Wildman–Crippen MR) is 90.0 cm³/mol. The summed E-state index contributed by atoms with van der Waals surface area (Å²) in [5, 5.41) is 2.80. The molecule has 0 saturated heterocycles. The first-order chi connectivity index (χ1) is 10.1. The molecular formula is C15H14Br2N2O2. The highest BCUT2D eigenvalue weighted by Gasteiger charge is 2.10. The van der Waals surface area contributed by atoms with Gasteiger partial charge in [-0.2, -0.15) is 0 Å². The molecule has 6 heteroatoms. The van der Waals surface area contributed by atoms with E-state index >= 15 is 0 Å². The van der Waals surface area contributed by atoms with Gasteiger partial charge in [-0.05, 0) is 49.6 Å². The molecule has 0 aromatic heterocycles. The molecule has 4 nitrogen and oxygen atoms in total. The second-order valence-corrected chi connectivity index (χ2v) is 6.07. The lowest BCUT2D eigenvalue weighted by Gasteiger charge is -2.11. The zero-order valence-corrected chi connectivity index (χ0v) is 14.3. The Morgan fingerprint density at radius 3 is 2.38 bits per heavy atom. The van der Waals surface area contributed by atoms with Gasteiger partial charge in [0.15, 0.2) is 6.61 Å². The summed E-state index contributed by atoms with van der Waals surface area (Å²) in [6.07, 6.45) is 0. The minimum atomic E-state index is -0.186. The number of carbonyl (C=O) groups is 1. The van der Waals surface area contributed by atoms with E-state index in [9.17, 15) is 4.79 Å². The lowest BCUT2D eigenvalue weighted by Crippen LogP contribution is -2.28. The maximum Gasteiger partial charge on any atom is 0.258 e. The third-order valence-electron chi connectivity index (χ3n) is 2.70. The van der Waals surface area contributed by atoms with Gasteiger partial charge < -0.3 is 15.8 Å². The average molecular weight is 414 g/mol. The van der Waals surface area contributed by atoms with Crippen LogP contribution in [0.4, 0.5) is 5.69 Å². The van der Waals surface area contributed by atoms with Gasteiger partial charge in [0.25, 0.3) is 5.91 Å². The van der Waals surface area contributed by atoms with Crippen LogP contribution in [0.5, 0.6) is 5.75 Å². The van der Waals surface area contributed by atoms with Crippen LogP contribution in [0.15, 0.2) is 51.4 Å². The van der Waals surface area contributed by atoms with Crippen LogP contribution in [0.2, 0.25) is 0 Å². The van der Waals surface area contributed by atoms with Gasteiger partial charge in [0.1, 0.15) is 5.75 Å². The van der Waals surface area contributed by atoms with E-state index < -0.39 is 0 Å². The summed E-state index contributed by atoms with van der Waals surface area (Å²) >= 11 is 6.71. The molecule has 2 aromatic carbocycles. The maximum atomic E-state index is 11.8. The molecule has 0 saturated carbocycles. The molecule has 0 aliphatic rings. The lowest BCUT2D eigenvalue weighted by atomic mass is 10.2. The molecule has 2 rings (SSSR count). The molecule has 0 heterocycles. The third-order valence-corrected chi connectivity index (χ3v) is 3.88. The molecule has 0 aliphatic carbocycles. The zero-order chi connectivity index (χ0) is 15.2. The fourth-order valence-electron chi connectivity index (χ4n) is 1.70. The molecule has 0 atom stereocenters. The van der Waals surface area contributed by atoms with Crippen molar-refractivity contribution in [1.82, 2.24) is 5.32 Å². The van der Waals surface area contributed by atoms with Gasteiger partial charge in [0.2, 0.25) is 0 Å². The van der Waals surface area contributed by atoms with E-state index in [0.717, 1.165) is 5.56 Å². The molecule has 2 aromatic rings. The van der Waals surface area contributed by atoms with Gasteiger partial charge >= 0.3 is 0 Å². The summed E-state index contributed by atoms with van der Waals surface area (Å²) in [6, 6.07) is 13.2. The number of halogens is 2. The van der Waals surface area contributed by atoms with Crippen molar-refractivity contribution < 1.29 is 9.53 Å². The Kier molecular flexibility index (Phi) is 5.64. The van der Waals surface area contributed by atoms with Crippen LogP contribution in [0.3, 0.4) is 0 Å². The Hall–Kier alpha value is -1.53. The van der Waals surface area contributed by atoms with E-state index in [1.165, 1.54) is 0 Å². The van der Waals surface area contributed by atoms with Crippen molar-refractivity contribution in [2.24, 2.45) is 0 Å². The summed E-state index contributed by atoms with van der Waals surface area (Å²) < 4.78 is 6.91. The summed E-state index contributed by atoms with van der Waals surface area (Å²) in [6.45, 7) is 0.418. The van der Waals surface area contributed by atoms with Crippen molar-refractivity contribution in [3.8, 4) is 5.75 Å². The largest absolute Gasteiger partial charge is 0.481 e. The molecule has 0 radical (unpaired) electrons. The molecular weight excluding hydrogens is 400 g/mol. The van der Waals surface area contributed by atoms with E-state index in [1.54, 1.807) is 12.1 Å². The normalized spacial score (nSPS) is 10.2. The number of hydrogen-bond acceptors (Lipinski definition) is 3. The molecule has 0 fully saturated rings. The van der Waals surface area contributed by atoms with E-state index in [1.807, 2.05) is 30.3 Å². The fourth-order valence-corrected chi connectivity index (χ4v) is 3.15. The van der Waals surface area contributed by atoms with Crippen molar-refractivity contribution in [3.63, 3.8) is 0 Å². The minimum Gasteiger partial charge on any atom is -0.481 e. The van der Waals surface area contributed by atoms with Crippen LogP contribution < -0.4 is 15.8 Å². The summed E-state index contributed by atoms with van der Waals surface area (Å²) in [5.41, 5.74) is 7.35.